The van der Waals surface area contributed by atoms with Crippen LogP contribution in [0.4, 0.5) is 5.69 Å². The summed E-state index contributed by atoms with van der Waals surface area (Å²) in [6.07, 6.45) is 5.26. The molecular weight excluding hydrogens is 336 g/mol. The molecule has 1 aromatic carbocycles. The Hall–Kier alpha value is -3.55. The van der Waals surface area contributed by atoms with E-state index in [0.29, 0.717) is 22.9 Å². The molecule has 0 atom stereocenters. The highest BCUT2D eigenvalue weighted by atomic mass is 16.1. The van der Waals surface area contributed by atoms with Crippen LogP contribution in [0.2, 0.25) is 0 Å². The average molecular weight is 352 g/mol. The first-order valence-electron chi connectivity index (χ1n) is 8.08. The lowest BCUT2D eigenvalue weighted by molar-refractivity contribution is 0.0950. The average Bonchev–Trinajstić information content (AvgIpc) is 3.04. The highest BCUT2D eigenvalue weighted by molar-refractivity contribution is 5.95. The molecule has 1 amide bonds. The molecule has 0 unspecified atom stereocenters. The molecule has 3 rings (SSSR count). The number of nitrogens with one attached hydrogen (secondary N) is 1. The number of azide groups is 2. The van der Waals surface area contributed by atoms with Gasteiger partial charge in [-0.05, 0) is 54.1 Å². The van der Waals surface area contributed by atoms with Gasteiger partial charge in [0.05, 0.1) is 25.3 Å². The number of hydrogen-bond acceptors (Lipinski definition) is 5. The molecule has 2 aromatic rings. The van der Waals surface area contributed by atoms with Crippen molar-refractivity contribution in [1.29, 1.82) is 0 Å². The molecule has 1 saturated carbocycles. The molecule has 0 aliphatic heterocycles. The monoisotopic (exact) mass is 352 g/mol. The van der Waals surface area contributed by atoms with Gasteiger partial charge in [-0.2, -0.15) is 0 Å². The standard InChI is InChI=1S/C15H16N10O/c16-22-19-7-10-4-11(6-12(5-10)20-23-17)15(26)18-8-13-9-25(24-21-13)14-2-1-3-14/h4-6,9,14H,1-3,7-8H2,(H,18,26). The van der Waals surface area contributed by atoms with E-state index < -0.39 is 0 Å². The highest BCUT2D eigenvalue weighted by Gasteiger charge is 2.20. The molecule has 1 heterocycles. The van der Waals surface area contributed by atoms with Gasteiger partial charge in [-0.15, -0.1) is 5.10 Å². The summed E-state index contributed by atoms with van der Waals surface area (Å²) in [5.41, 5.74) is 18.9. The lowest BCUT2D eigenvalue weighted by atomic mass is 9.93. The van der Waals surface area contributed by atoms with E-state index >= 15 is 0 Å². The van der Waals surface area contributed by atoms with E-state index in [4.69, 9.17) is 11.1 Å². The lowest BCUT2D eigenvalue weighted by Crippen LogP contribution is -2.23. The summed E-state index contributed by atoms with van der Waals surface area (Å²) < 4.78 is 1.84. The fraction of sp³-hybridized carbons (Fsp3) is 0.400. The Morgan fingerprint density at radius 2 is 2.15 bits per heavy atom. The number of benzene rings is 1. The van der Waals surface area contributed by atoms with E-state index in [1.54, 1.807) is 12.1 Å². The smallest absolute Gasteiger partial charge is 0.251 e. The minimum Gasteiger partial charge on any atom is -0.346 e. The van der Waals surface area contributed by atoms with Crippen LogP contribution in [0.1, 0.15) is 46.9 Å². The summed E-state index contributed by atoms with van der Waals surface area (Å²) in [5.74, 6) is -0.347. The summed E-state index contributed by atoms with van der Waals surface area (Å²) in [6, 6.07) is 5.04. The molecule has 1 fully saturated rings. The molecule has 132 valence electrons. The molecule has 1 aromatic heterocycles. The lowest BCUT2D eigenvalue weighted by Gasteiger charge is -2.24. The van der Waals surface area contributed by atoms with E-state index in [1.165, 1.54) is 12.5 Å². The molecule has 0 bridgehead atoms. The molecule has 1 aliphatic rings. The third kappa shape index (κ3) is 4.10. The van der Waals surface area contributed by atoms with Crippen LogP contribution >= 0.6 is 0 Å². The Kier molecular flexibility index (Phi) is 5.33. The van der Waals surface area contributed by atoms with Gasteiger partial charge in [-0.1, -0.05) is 15.4 Å². The topological polar surface area (TPSA) is 157 Å². The van der Waals surface area contributed by atoms with Crippen LogP contribution < -0.4 is 5.32 Å². The number of carbonyl (C=O) groups excluding carboxylic acids is 1. The van der Waals surface area contributed by atoms with Gasteiger partial charge >= 0.3 is 0 Å². The molecule has 0 radical (unpaired) electrons. The Morgan fingerprint density at radius 1 is 1.31 bits per heavy atom. The van der Waals surface area contributed by atoms with Crippen molar-refractivity contribution in [3.8, 4) is 0 Å². The van der Waals surface area contributed by atoms with Gasteiger partial charge in [-0.3, -0.25) is 4.79 Å². The van der Waals surface area contributed by atoms with Gasteiger partial charge in [0.2, 0.25) is 0 Å². The van der Waals surface area contributed by atoms with Crippen LogP contribution in [0.5, 0.6) is 0 Å². The van der Waals surface area contributed by atoms with Gasteiger partial charge < -0.3 is 5.32 Å². The van der Waals surface area contributed by atoms with Crippen LogP contribution in [0.15, 0.2) is 34.6 Å². The number of nitrogens with zero attached hydrogens (tertiary/aromatic N) is 9. The van der Waals surface area contributed by atoms with Gasteiger partial charge in [-0.25, -0.2) is 4.68 Å². The van der Waals surface area contributed by atoms with Crippen LogP contribution in [-0.2, 0) is 13.1 Å². The van der Waals surface area contributed by atoms with Crippen LogP contribution in [0.25, 0.3) is 20.9 Å². The predicted octanol–water partition coefficient (Wildman–Crippen LogP) is 3.69. The minimum atomic E-state index is -0.347. The van der Waals surface area contributed by atoms with Crippen molar-refractivity contribution in [2.45, 2.75) is 38.4 Å². The normalized spacial score (nSPS) is 13.2. The fourth-order valence-corrected chi connectivity index (χ4v) is 2.62. The van der Waals surface area contributed by atoms with Crippen molar-refractivity contribution in [1.82, 2.24) is 20.3 Å². The van der Waals surface area contributed by atoms with E-state index in [9.17, 15) is 4.79 Å². The second kappa shape index (κ2) is 8.02. The molecule has 1 aliphatic carbocycles. The first-order valence-corrected chi connectivity index (χ1v) is 8.08. The summed E-state index contributed by atoms with van der Waals surface area (Å²) in [7, 11) is 0. The maximum Gasteiger partial charge on any atom is 0.251 e. The van der Waals surface area contributed by atoms with E-state index in [2.05, 4.69) is 35.7 Å². The van der Waals surface area contributed by atoms with Crippen molar-refractivity contribution in [2.75, 3.05) is 0 Å². The zero-order valence-electron chi connectivity index (χ0n) is 13.9. The fourth-order valence-electron chi connectivity index (χ4n) is 2.62. The molecule has 0 saturated heterocycles. The van der Waals surface area contributed by atoms with Gasteiger partial charge in [0.15, 0.2) is 0 Å². The summed E-state index contributed by atoms with van der Waals surface area (Å²) in [4.78, 5) is 17.8. The van der Waals surface area contributed by atoms with E-state index in [1.807, 2.05) is 10.9 Å². The second-order valence-corrected chi connectivity index (χ2v) is 5.92. The van der Waals surface area contributed by atoms with Crippen molar-refractivity contribution in [3.05, 3.63) is 62.1 Å². The quantitative estimate of drug-likeness (QED) is 0.458. The largest absolute Gasteiger partial charge is 0.346 e. The molecule has 11 heteroatoms. The van der Waals surface area contributed by atoms with Gasteiger partial charge in [0, 0.05) is 21.1 Å². The molecule has 0 spiro atoms. The number of hydrogen-bond donors (Lipinski definition) is 1. The van der Waals surface area contributed by atoms with E-state index in [0.717, 1.165) is 12.8 Å². The third-order valence-electron chi connectivity index (χ3n) is 4.15. The summed E-state index contributed by atoms with van der Waals surface area (Å²) >= 11 is 0. The summed E-state index contributed by atoms with van der Waals surface area (Å²) in [5, 5.41) is 17.9. The minimum absolute atomic E-state index is 0.0568. The first-order chi connectivity index (χ1) is 12.7. The Labute approximate surface area is 148 Å². The molecule has 11 nitrogen and oxygen atoms in total. The highest BCUT2D eigenvalue weighted by Crippen LogP contribution is 2.30. The Morgan fingerprint density at radius 3 is 2.85 bits per heavy atom. The Bertz CT molecular complexity index is 903. The van der Waals surface area contributed by atoms with Crippen LogP contribution in [0, 0.1) is 0 Å². The predicted molar refractivity (Wildman–Crippen MR) is 92.2 cm³/mol. The molecule has 26 heavy (non-hydrogen) atoms. The van der Waals surface area contributed by atoms with Crippen molar-refractivity contribution in [3.63, 3.8) is 0 Å². The molecule has 1 N–H and O–H groups in total. The first kappa shape index (κ1) is 17.3. The second-order valence-electron chi connectivity index (χ2n) is 5.92. The van der Waals surface area contributed by atoms with Crippen LogP contribution in [0.3, 0.4) is 0 Å². The van der Waals surface area contributed by atoms with Gasteiger partial charge in [0.1, 0.15) is 5.69 Å². The van der Waals surface area contributed by atoms with Crippen molar-refractivity contribution < 1.29 is 4.79 Å². The third-order valence-corrected chi connectivity index (χ3v) is 4.15. The number of amides is 1. The number of carbonyl (C=O) groups is 1. The number of aromatic nitrogens is 3. The maximum absolute atomic E-state index is 12.4. The molecular formula is C15H16N10O. The zero-order chi connectivity index (χ0) is 18.4. The SMILES string of the molecule is [N-]=[N+]=NCc1cc(N=[N+]=[N-])cc(C(=O)NCc2cn(C3CCC3)nn2)c1. The maximum atomic E-state index is 12.4. The summed E-state index contributed by atoms with van der Waals surface area (Å²) in [6.45, 7) is 0.296. The van der Waals surface area contributed by atoms with Crippen molar-refractivity contribution >= 4 is 11.6 Å². The van der Waals surface area contributed by atoms with Crippen LogP contribution in [-0.4, -0.2) is 20.9 Å². The van der Waals surface area contributed by atoms with E-state index in [-0.39, 0.29) is 24.7 Å². The Balaban J connectivity index is 1.69. The number of rotatable bonds is 7. The van der Waals surface area contributed by atoms with Crippen molar-refractivity contribution in [2.24, 2.45) is 10.2 Å². The zero-order valence-corrected chi connectivity index (χ0v) is 13.9. The van der Waals surface area contributed by atoms with Gasteiger partial charge in [0.25, 0.3) is 5.91 Å².